The van der Waals surface area contributed by atoms with Crippen LogP contribution in [0, 0.1) is 5.92 Å². The van der Waals surface area contributed by atoms with Crippen molar-refractivity contribution in [2.75, 3.05) is 32.7 Å². The standard InChI is InChI=1S/C11H23N3/c12-5-3-10-4-7-14(9-10)8-6-13-11-1-2-11/h10-11,13H,1-9,12H2. The average Bonchev–Trinajstić information content (AvgIpc) is 2.88. The van der Waals surface area contributed by atoms with E-state index in [0.717, 1.165) is 18.5 Å². The Bertz CT molecular complexity index is 168. The smallest absolute Gasteiger partial charge is 0.0107 e. The highest BCUT2D eigenvalue weighted by Crippen LogP contribution is 2.20. The first kappa shape index (κ1) is 10.4. The van der Waals surface area contributed by atoms with Crippen molar-refractivity contribution in [2.45, 2.75) is 31.7 Å². The van der Waals surface area contributed by atoms with Crippen LogP contribution in [0.25, 0.3) is 0 Å². The van der Waals surface area contributed by atoms with E-state index >= 15 is 0 Å². The van der Waals surface area contributed by atoms with Gasteiger partial charge in [-0.3, -0.25) is 0 Å². The van der Waals surface area contributed by atoms with E-state index in [1.165, 1.54) is 51.9 Å². The van der Waals surface area contributed by atoms with Gasteiger partial charge in [0, 0.05) is 25.7 Å². The fourth-order valence-corrected chi connectivity index (χ4v) is 2.30. The Morgan fingerprint density at radius 2 is 2.14 bits per heavy atom. The van der Waals surface area contributed by atoms with Crippen LogP contribution in [0.15, 0.2) is 0 Å². The molecule has 3 heteroatoms. The maximum absolute atomic E-state index is 5.57. The van der Waals surface area contributed by atoms with Gasteiger partial charge >= 0.3 is 0 Å². The summed E-state index contributed by atoms with van der Waals surface area (Å²) in [6, 6.07) is 0.859. The molecule has 0 radical (unpaired) electrons. The number of nitrogens with zero attached hydrogens (tertiary/aromatic N) is 1. The van der Waals surface area contributed by atoms with Crippen molar-refractivity contribution >= 4 is 0 Å². The normalized spacial score (nSPS) is 28.5. The highest BCUT2D eigenvalue weighted by molar-refractivity contribution is 4.82. The highest BCUT2D eigenvalue weighted by atomic mass is 15.2. The van der Waals surface area contributed by atoms with Gasteiger partial charge in [0.1, 0.15) is 0 Å². The molecule has 1 heterocycles. The topological polar surface area (TPSA) is 41.3 Å². The van der Waals surface area contributed by atoms with Gasteiger partial charge in [-0.1, -0.05) is 0 Å². The number of nitrogens with two attached hydrogens (primary N) is 1. The molecule has 0 aromatic heterocycles. The molecule has 1 saturated carbocycles. The van der Waals surface area contributed by atoms with Crippen molar-refractivity contribution in [1.82, 2.24) is 10.2 Å². The zero-order valence-electron chi connectivity index (χ0n) is 9.04. The molecule has 2 aliphatic rings. The second-order valence-electron chi connectivity index (χ2n) is 4.76. The van der Waals surface area contributed by atoms with Crippen LogP contribution in [0.5, 0.6) is 0 Å². The van der Waals surface area contributed by atoms with Gasteiger partial charge in [-0.25, -0.2) is 0 Å². The average molecular weight is 197 g/mol. The van der Waals surface area contributed by atoms with E-state index in [-0.39, 0.29) is 0 Å². The van der Waals surface area contributed by atoms with Crippen molar-refractivity contribution < 1.29 is 0 Å². The van der Waals surface area contributed by atoms with Gasteiger partial charge < -0.3 is 16.0 Å². The third-order valence-electron chi connectivity index (χ3n) is 3.38. The first-order chi connectivity index (χ1) is 6.88. The summed E-state index contributed by atoms with van der Waals surface area (Å²) in [5.41, 5.74) is 5.57. The van der Waals surface area contributed by atoms with Crippen LogP contribution in [-0.4, -0.2) is 43.7 Å². The Kier molecular flexibility index (Phi) is 3.79. The largest absolute Gasteiger partial charge is 0.330 e. The molecule has 1 saturated heterocycles. The summed E-state index contributed by atoms with van der Waals surface area (Å²) in [5.74, 6) is 0.876. The van der Waals surface area contributed by atoms with Crippen molar-refractivity contribution in [2.24, 2.45) is 11.7 Å². The molecule has 0 aromatic rings. The minimum Gasteiger partial charge on any atom is -0.330 e. The number of likely N-dealkylation sites (tertiary alicyclic amines) is 1. The summed E-state index contributed by atoms with van der Waals surface area (Å²) in [6.45, 7) is 5.84. The van der Waals surface area contributed by atoms with Crippen LogP contribution in [0.2, 0.25) is 0 Å². The summed E-state index contributed by atoms with van der Waals surface area (Å²) in [7, 11) is 0. The minimum atomic E-state index is 0.859. The Balaban J connectivity index is 1.53. The lowest BCUT2D eigenvalue weighted by atomic mass is 10.1. The Labute approximate surface area is 87.0 Å². The molecule has 0 aromatic carbocycles. The monoisotopic (exact) mass is 197 g/mol. The molecule has 1 aliphatic carbocycles. The molecule has 0 bridgehead atoms. The van der Waals surface area contributed by atoms with Crippen LogP contribution in [0.4, 0.5) is 0 Å². The molecule has 82 valence electrons. The fraction of sp³-hybridized carbons (Fsp3) is 1.00. The van der Waals surface area contributed by atoms with Crippen LogP contribution in [0.3, 0.4) is 0 Å². The van der Waals surface area contributed by atoms with Gasteiger partial charge in [0.25, 0.3) is 0 Å². The Morgan fingerprint density at radius 1 is 1.29 bits per heavy atom. The van der Waals surface area contributed by atoms with E-state index < -0.39 is 0 Å². The van der Waals surface area contributed by atoms with Gasteiger partial charge in [0.2, 0.25) is 0 Å². The number of hydrogen-bond acceptors (Lipinski definition) is 3. The van der Waals surface area contributed by atoms with E-state index in [1.54, 1.807) is 0 Å². The highest BCUT2D eigenvalue weighted by Gasteiger charge is 2.23. The summed E-state index contributed by atoms with van der Waals surface area (Å²) < 4.78 is 0. The third-order valence-corrected chi connectivity index (χ3v) is 3.38. The number of rotatable bonds is 6. The molecule has 14 heavy (non-hydrogen) atoms. The third kappa shape index (κ3) is 3.23. The van der Waals surface area contributed by atoms with Crippen LogP contribution >= 0.6 is 0 Å². The summed E-state index contributed by atoms with van der Waals surface area (Å²) >= 11 is 0. The van der Waals surface area contributed by atoms with Crippen molar-refractivity contribution in [3.63, 3.8) is 0 Å². The van der Waals surface area contributed by atoms with Crippen LogP contribution in [-0.2, 0) is 0 Å². The molecular weight excluding hydrogens is 174 g/mol. The van der Waals surface area contributed by atoms with Crippen molar-refractivity contribution in [1.29, 1.82) is 0 Å². The SMILES string of the molecule is NCCC1CCN(CCNC2CC2)C1. The molecule has 0 amide bonds. The van der Waals surface area contributed by atoms with Crippen LogP contribution in [0.1, 0.15) is 25.7 Å². The molecule has 1 unspecified atom stereocenters. The number of hydrogen-bond donors (Lipinski definition) is 2. The van der Waals surface area contributed by atoms with E-state index in [2.05, 4.69) is 10.2 Å². The maximum atomic E-state index is 5.57. The Morgan fingerprint density at radius 3 is 2.86 bits per heavy atom. The predicted octanol–water partition coefficient (Wildman–Crippen LogP) is 0.409. The summed E-state index contributed by atoms with van der Waals surface area (Å²) in [4.78, 5) is 2.58. The lowest BCUT2D eigenvalue weighted by molar-refractivity contribution is 0.319. The van der Waals surface area contributed by atoms with Crippen molar-refractivity contribution in [3.05, 3.63) is 0 Å². The number of nitrogens with one attached hydrogen (secondary N) is 1. The second-order valence-corrected chi connectivity index (χ2v) is 4.76. The molecular formula is C11H23N3. The lowest BCUT2D eigenvalue weighted by Gasteiger charge is -2.15. The predicted molar refractivity (Wildman–Crippen MR) is 59.2 cm³/mol. The maximum Gasteiger partial charge on any atom is 0.0107 e. The zero-order chi connectivity index (χ0) is 9.80. The molecule has 3 nitrogen and oxygen atoms in total. The van der Waals surface area contributed by atoms with E-state index in [9.17, 15) is 0 Å². The molecule has 2 rings (SSSR count). The Hall–Kier alpha value is -0.120. The van der Waals surface area contributed by atoms with Crippen molar-refractivity contribution in [3.8, 4) is 0 Å². The zero-order valence-corrected chi connectivity index (χ0v) is 9.04. The summed E-state index contributed by atoms with van der Waals surface area (Å²) in [5, 5.41) is 3.56. The first-order valence-electron chi connectivity index (χ1n) is 6.04. The lowest BCUT2D eigenvalue weighted by Crippen LogP contribution is -2.31. The van der Waals surface area contributed by atoms with E-state index in [4.69, 9.17) is 5.73 Å². The molecule has 1 aliphatic heterocycles. The van der Waals surface area contributed by atoms with Crippen LogP contribution < -0.4 is 11.1 Å². The van der Waals surface area contributed by atoms with Gasteiger partial charge in [-0.2, -0.15) is 0 Å². The molecule has 2 fully saturated rings. The molecule has 1 atom stereocenters. The molecule has 3 N–H and O–H groups in total. The van der Waals surface area contributed by atoms with Gasteiger partial charge in [-0.05, 0) is 44.7 Å². The van der Waals surface area contributed by atoms with E-state index in [0.29, 0.717) is 0 Å². The second kappa shape index (κ2) is 5.10. The molecule has 0 spiro atoms. The fourth-order valence-electron chi connectivity index (χ4n) is 2.30. The first-order valence-corrected chi connectivity index (χ1v) is 6.04. The summed E-state index contributed by atoms with van der Waals surface area (Å²) in [6.07, 6.45) is 5.37. The minimum absolute atomic E-state index is 0.859. The van der Waals surface area contributed by atoms with Gasteiger partial charge in [0.05, 0.1) is 0 Å². The quantitative estimate of drug-likeness (QED) is 0.648. The van der Waals surface area contributed by atoms with Gasteiger partial charge in [-0.15, -0.1) is 0 Å². The van der Waals surface area contributed by atoms with Gasteiger partial charge in [0.15, 0.2) is 0 Å². The van der Waals surface area contributed by atoms with E-state index in [1.807, 2.05) is 0 Å².